The second kappa shape index (κ2) is 6.55. The van der Waals surface area contributed by atoms with E-state index in [0.29, 0.717) is 0 Å². The Balaban J connectivity index is 1.42. The summed E-state index contributed by atoms with van der Waals surface area (Å²) in [5, 5.41) is 9.25. The molecule has 2 aliphatic heterocycles. The van der Waals surface area contributed by atoms with Crippen LogP contribution in [-0.4, -0.2) is 52.6 Å². The monoisotopic (exact) mass is 275 g/mol. The number of rotatable bonds is 4. The number of hydrogen-bond acceptors (Lipinski definition) is 4. The van der Waals surface area contributed by atoms with Gasteiger partial charge in [-0.25, -0.2) is 0 Å². The number of aromatic hydroxyl groups is 1. The van der Waals surface area contributed by atoms with Crippen LogP contribution in [0.15, 0.2) is 18.3 Å². The molecular weight excluding hydrogens is 250 g/mol. The van der Waals surface area contributed by atoms with Crippen LogP contribution in [0.5, 0.6) is 5.75 Å². The molecule has 1 aromatic heterocycles. The van der Waals surface area contributed by atoms with Gasteiger partial charge in [-0.1, -0.05) is 0 Å². The van der Waals surface area contributed by atoms with Crippen LogP contribution < -0.4 is 0 Å². The van der Waals surface area contributed by atoms with Crippen LogP contribution in [0.3, 0.4) is 0 Å². The Morgan fingerprint density at radius 1 is 1.05 bits per heavy atom. The largest absolute Gasteiger partial charge is 0.506 e. The van der Waals surface area contributed by atoms with Crippen molar-refractivity contribution >= 4 is 0 Å². The zero-order valence-electron chi connectivity index (χ0n) is 12.2. The molecule has 0 amide bonds. The van der Waals surface area contributed by atoms with Crippen LogP contribution >= 0.6 is 0 Å². The molecule has 0 bridgehead atoms. The summed E-state index contributed by atoms with van der Waals surface area (Å²) in [5.41, 5.74) is 1.06. The topological polar surface area (TPSA) is 39.6 Å². The van der Waals surface area contributed by atoms with Crippen molar-refractivity contribution in [1.82, 2.24) is 14.8 Å². The molecule has 3 rings (SSSR count). The Morgan fingerprint density at radius 2 is 1.80 bits per heavy atom. The minimum Gasteiger partial charge on any atom is -0.506 e. The third-order valence-corrected chi connectivity index (χ3v) is 4.62. The van der Waals surface area contributed by atoms with Crippen molar-refractivity contribution in [3.8, 4) is 5.75 Å². The first kappa shape index (κ1) is 13.8. The van der Waals surface area contributed by atoms with Crippen molar-refractivity contribution in [2.45, 2.75) is 32.2 Å². The average Bonchev–Trinajstić information content (AvgIpc) is 2.96. The molecule has 0 atom stereocenters. The van der Waals surface area contributed by atoms with Crippen LogP contribution in [0.1, 0.15) is 31.4 Å². The van der Waals surface area contributed by atoms with E-state index in [9.17, 15) is 5.11 Å². The normalized spacial score (nSPS) is 22.4. The molecule has 0 radical (unpaired) electrons. The smallest absolute Gasteiger partial charge is 0.133 e. The minimum atomic E-state index is 0.248. The van der Waals surface area contributed by atoms with Crippen molar-refractivity contribution in [1.29, 1.82) is 0 Å². The fraction of sp³-hybridized carbons (Fsp3) is 0.688. The van der Waals surface area contributed by atoms with Gasteiger partial charge in [-0.3, -0.25) is 9.88 Å². The van der Waals surface area contributed by atoms with Crippen LogP contribution in [0.25, 0.3) is 0 Å². The van der Waals surface area contributed by atoms with E-state index < -0.39 is 0 Å². The summed E-state index contributed by atoms with van der Waals surface area (Å²) < 4.78 is 0. The van der Waals surface area contributed by atoms with Gasteiger partial charge in [0.2, 0.25) is 0 Å². The number of nitrogens with zero attached hydrogens (tertiary/aromatic N) is 3. The van der Waals surface area contributed by atoms with Crippen LogP contribution in [0.4, 0.5) is 0 Å². The van der Waals surface area contributed by atoms with Crippen molar-refractivity contribution in [2.75, 3.05) is 32.7 Å². The number of likely N-dealkylation sites (tertiary alicyclic amines) is 2. The molecule has 0 unspecified atom stereocenters. The predicted octanol–water partition coefficient (Wildman–Crippen LogP) is 2.10. The molecule has 20 heavy (non-hydrogen) atoms. The van der Waals surface area contributed by atoms with Gasteiger partial charge in [0.25, 0.3) is 0 Å². The second-order valence-corrected chi connectivity index (χ2v) is 6.23. The van der Waals surface area contributed by atoms with Gasteiger partial charge >= 0.3 is 0 Å². The maximum absolute atomic E-state index is 9.25. The fourth-order valence-corrected chi connectivity index (χ4v) is 3.40. The van der Waals surface area contributed by atoms with E-state index in [2.05, 4.69) is 14.8 Å². The summed E-state index contributed by atoms with van der Waals surface area (Å²) in [5.74, 6) is 1.13. The summed E-state index contributed by atoms with van der Waals surface area (Å²) in [6.07, 6.45) is 6.95. The van der Waals surface area contributed by atoms with Crippen LogP contribution in [-0.2, 0) is 6.54 Å². The van der Waals surface area contributed by atoms with Crippen molar-refractivity contribution in [3.05, 3.63) is 24.0 Å². The Labute approximate surface area is 121 Å². The van der Waals surface area contributed by atoms with Gasteiger partial charge in [0, 0.05) is 13.1 Å². The molecule has 0 spiro atoms. The van der Waals surface area contributed by atoms with Gasteiger partial charge in [-0.15, -0.1) is 0 Å². The van der Waals surface area contributed by atoms with Gasteiger partial charge < -0.3 is 10.0 Å². The quantitative estimate of drug-likeness (QED) is 0.913. The second-order valence-electron chi connectivity index (χ2n) is 6.23. The SMILES string of the molecule is Oc1ccc(CN2CCC(CN3CCCC3)CC2)nc1. The van der Waals surface area contributed by atoms with E-state index >= 15 is 0 Å². The molecule has 0 saturated carbocycles. The number of hydrogen-bond donors (Lipinski definition) is 1. The van der Waals surface area contributed by atoms with Crippen LogP contribution in [0, 0.1) is 5.92 Å². The third-order valence-electron chi connectivity index (χ3n) is 4.62. The molecule has 0 aromatic carbocycles. The summed E-state index contributed by atoms with van der Waals surface area (Å²) >= 11 is 0. The Bertz CT molecular complexity index is 406. The van der Waals surface area contributed by atoms with E-state index in [0.717, 1.165) is 18.2 Å². The molecule has 2 fully saturated rings. The van der Waals surface area contributed by atoms with Gasteiger partial charge in [0.1, 0.15) is 5.75 Å². The summed E-state index contributed by atoms with van der Waals surface area (Å²) in [4.78, 5) is 9.40. The highest BCUT2D eigenvalue weighted by Gasteiger charge is 2.22. The minimum absolute atomic E-state index is 0.248. The van der Waals surface area contributed by atoms with Gasteiger partial charge in [-0.2, -0.15) is 0 Å². The lowest BCUT2D eigenvalue weighted by Crippen LogP contribution is -2.37. The maximum Gasteiger partial charge on any atom is 0.133 e. The van der Waals surface area contributed by atoms with E-state index in [1.165, 1.54) is 64.6 Å². The lowest BCUT2D eigenvalue weighted by molar-refractivity contribution is 0.147. The van der Waals surface area contributed by atoms with Gasteiger partial charge in [-0.05, 0) is 69.9 Å². The van der Waals surface area contributed by atoms with Crippen molar-refractivity contribution in [2.24, 2.45) is 5.92 Å². The molecule has 1 aromatic rings. The fourth-order valence-electron chi connectivity index (χ4n) is 3.40. The number of piperidine rings is 1. The van der Waals surface area contributed by atoms with Gasteiger partial charge in [0.05, 0.1) is 11.9 Å². The molecular formula is C16H25N3O. The first-order valence-corrected chi connectivity index (χ1v) is 7.88. The molecule has 1 N–H and O–H groups in total. The average molecular weight is 275 g/mol. The van der Waals surface area contributed by atoms with Crippen LogP contribution in [0.2, 0.25) is 0 Å². The lowest BCUT2D eigenvalue weighted by atomic mass is 9.96. The highest BCUT2D eigenvalue weighted by molar-refractivity contribution is 5.17. The zero-order chi connectivity index (χ0) is 13.8. The van der Waals surface area contributed by atoms with E-state index in [1.807, 2.05) is 6.07 Å². The standard InChI is InChI=1S/C16H25N3O/c20-16-4-3-15(17-11-16)13-19-9-5-14(6-10-19)12-18-7-1-2-8-18/h3-4,11,14,20H,1-2,5-10,12-13H2. The number of pyridine rings is 1. The molecule has 4 heteroatoms. The van der Waals surface area contributed by atoms with Gasteiger partial charge in [0.15, 0.2) is 0 Å². The van der Waals surface area contributed by atoms with Crippen molar-refractivity contribution in [3.63, 3.8) is 0 Å². The lowest BCUT2D eigenvalue weighted by Gasteiger charge is -2.33. The summed E-state index contributed by atoms with van der Waals surface area (Å²) in [6, 6.07) is 3.65. The highest BCUT2D eigenvalue weighted by atomic mass is 16.3. The van der Waals surface area contributed by atoms with E-state index in [4.69, 9.17) is 0 Å². The highest BCUT2D eigenvalue weighted by Crippen LogP contribution is 2.21. The van der Waals surface area contributed by atoms with E-state index in [-0.39, 0.29) is 5.75 Å². The zero-order valence-corrected chi connectivity index (χ0v) is 12.2. The Morgan fingerprint density at radius 3 is 2.45 bits per heavy atom. The van der Waals surface area contributed by atoms with E-state index in [1.54, 1.807) is 6.07 Å². The first-order valence-electron chi connectivity index (χ1n) is 7.88. The summed E-state index contributed by atoms with van der Waals surface area (Å²) in [6.45, 7) is 7.22. The molecule has 110 valence electrons. The first-order chi connectivity index (χ1) is 9.79. The molecule has 0 aliphatic carbocycles. The molecule has 2 saturated heterocycles. The molecule has 3 heterocycles. The predicted molar refractivity (Wildman–Crippen MR) is 79.6 cm³/mol. The third kappa shape index (κ3) is 3.70. The Kier molecular flexibility index (Phi) is 4.53. The molecule has 4 nitrogen and oxygen atoms in total. The summed E-state index contributed by atoms with van der Waals surface area (Å²) in [7, 11) is 0. The van der Waals surface area contributed by atoms with Crippen molar-refractivity contribution < 1.29 is 5.11 Å². The molecule has 2 aliphatic rings. The number of aromatic nitrogens is 1. The maximum atomic E-state index is 9.25. The Hall–Kier alpha value is -1.13.